The van der Waals surface area contributed by atoms with Gasteiger partial charge in [0.05, 0.1) is 27.3 Å². The van der Waals surface area contributed by atoms with Crippen LogP contribution in [0.25, 0.3) is 0 Å². The molecule has 2 N–H and O–H groups in total. The van der Waals surface area contributed by atoms with Gasteiger partial charge in [-0.2, -0.15) is 0 Å². The van der Waals surface area contributed by atoms with E-state index in [1.807, 2.05) is 13.8 Å². The molecule has 0 saturated heterocycles. The molecule has 0 amide bonds. The molecule has 0 aliphatic carbocycles. The van der Waals surface area contributed by atoms with E-state index in [1.165, 1.54) is 0 Å². The first-order chi connectivity index (χ1) is 12.3. The maximum Gasteiger partial charge on any atom is 0.0871 e. The molecule has 0 fully saturated rings. The highest BCUT2D eigenvalue weighted by Crippen LogP contribution is 2.33. The van der Waals surface area contributed by atoms with Crippen molar-refractivity contribution in [2.24, 2.45) is 11.8 Å². The van der Waals surface area contributed by atoms with E-state index >= 15 is 0 Å². The molecule has 0 aliphatic rings. The lowest BCUT2D eigenvalue weighted by Crippen LogP contribution is -2.41. The maximum absolute atomic E-state index is 11.3. The van der Waals surface area contributed by atoms with Crippen LogP contribution in [-0.4, -0.2) is 37.6 Å². The van der Waals surface area contributed by atoms with Crippen LogP contribution >= 0.6 is 0 Å². The molecule has 0 saturated carbocycles. The van der Waals surface area contributed by atoms with E-state index in [1.54, 1.807) is 0 Å². The summed E-state index contributed by atoms with van der Waals surface area (Å²) in [5.41, 5.74) is 5.15. The van der Waals surface area contributed by atoms with E-state index in [-0.39, 0.29) is 0 Å². The zero-order valence-corrected chi connectivity index (χ0v) is 22.9. The van der Waals surface area contributed by atoms with Crippen molar-refractivity contribution in [2.45, 2.75) is 118 Å². The first kappa shape index (κ1) is 27.7. The highest BCUT2D eigenvalue weighted by atomic mass is 28.3. The van der Waals surface area contributed by atoms with Crippen LogP contribution in [0.2, 0.25) is 39.3 Å². The van der Waals surface area contributed by atoms with Crippen molar-refractivity contribution in [2.75, 3.05) is 0 Å². The Morgan fingerprint density at radius 2 is 0.929 bits per heavy atom. The summed E-state index contributed by atoms with van der Waals surface area (Å²) in [7, 11) is -3.60. The third kappa shape index (κ3) is 9.43. The fourth-order valence-corrected chi connectivity index (χ4v) is 8.13. The van der Waals surface area contributed by atoms with Gasteiger partial charge in [0.2, 0.25) is 0 Å². The van der Waals surface area contributed by atoms with Crippen molar-refractivity contribution in [3.05, 3.63) is 21.9 Å². The van der Waals surface area contributed by atoms with Gasteiger partial charge in [-0.15, -0.1) is 0 Å². The summed E-state index contributed by atoms with van der Waals surface area (Å²) >= 11 is 0. The van der Waals surface area contributed by atoms with E-state index in [0.29, 0.717) is 11.8 Å². The molecule has 0 aromatic rings. The summed E-state index contributed by atoms with van der Waals surface area (Å²) in [6.07, 6.45) is 3.45. The molecule has 2 nitrogen and oxygen atoms in total. The molecular formula is C24H48O2Si2. The van der Waals surface area contributed by atoms with E-state index in [9.17, 15) is 10.2 Å². The lowest BCUT2D eigenvalue weighted by molar-refractivity contribution is 0.0878. The van der Waals surface area contributed by atoms with Crippen molar-refractivity contribution in [3.8, 4) is 0 Å². The fraction of sp³-hybridized carbons (Fsp3) is 0.833. The molecule has 28 heavy (non-hydrogen) atoms. The van der Waals surface area contributed by atoms with Crippen molar-refractivity contribution < 1.29 is 10.2 Å². The average molecular weight is 425 g/mol. The number of hydrogen-bond donors (Lipinski definition) is 2. The quantitative estimate of drug-likeness (QED) is 0.302. The van der Waals surface area contributed by atoms with Gasteiger partial charge in [-0.1, -0.05) is 78.4 Å². The Balaban J connectivity index is 6.57. The van der Waals surface area contributed by atoms with Crippen LogP contribution in [0.1, 0.15) is 67.2 Å². The van der Waals surface area contributed by atoms with Crippen molar-refractivity contribution in [3.63, 3.8) is 0 Å². The van der Waals surface area contributed by atoms with Crippen LogP contribution in [0.15, 0.2) is 21.9 Å². The van der Waals surface area contributed by atoms with Crippen molar-refractivity contribution >= 4 is 16.1 Å². The average Bonchev–Trinajstić information content (AvgIpc) is 2.44. The fourth-order valence-electron chi connectivity index (χ4n) is 3.77. The summed E-state index contributed by atoms with van der Waals surface area (Å²) in [6.45, 7) is 26.2. The normalized spacial score (nSPS) is 17.0. The summed E-state index contributed by atoms with van der Waals surface area (Å²) in [6, 6.07) is 0. The third-order valence-corrected chi connectivity index (χ3v) is 9.63. The van der Waals surface area contributed by atoms with Gasteiger partial charge in [-0.3, -0.25) is 0 Å². The van der Waals surface area contributed by atoms with Crippen LogP contribution in [-0.2, 0) is 0 Å². The van der Waals surface area contributed by atoms with Gasteiger partial charge in [0.25, 0.3) is 0 Å². The van der Waals surface area contributed by atoms with E-state index in [0.717, 1.165) is 36.1 Å². The van der Waals surface area contributed by atoms with Gasteiger partial charge in [0.1, 0.15) is 0 Å². The number of aliphatic hydroxyl groups is 2. The Labute approximate surface area is 177 Å². The summed E-state index contributed by atoms with van der Waals surface area (Å²) in [5, 5.41) is 24.6. The number of hydrogen-bond acceptors (Lipinski definition) is 2. The van der Waals surface area contributed by atoms with E-state index in [2.05, 4.69) is 78.4 Å². The topological polar surface area (TPSA) is 40.5 Å². The first-order valence-electron chi connectivity index (χ1n) is 11.0. The summed E-state index contributed by atoms with van der Waals surface area (Å²) in [4.78, 5) is 0. The lowest BCUT2D eigenvalue weighted by atomic mass is 9.94. The largest absolute Gasteiger partial charge is 0.386 e. The summed E-state index contributed by atoms with van der Waals surface area (Å²) in [5.74, 6) is 1.12. The molecule has 164 valence electrons. The Hall–Kier alpha value is -0.346. The van der Waals surface area contributed by atoms with E-state index in [4.69, 9.17) is 0 Å². The molecule has 2 atom stereocenters. The molecular weight excluding hydrogens is 376 g/mol. The second kappa shape index (κ2) is 10.1. The molecule has 0 radical (unpaired) electrons. The summed E-state index contributed by atoms with van der Waals surface area (Å²) < 4.78 is 0. The van der Waals surface area contributed by atoms with Crippen LogP contribution in [0.5, 0.6) is 0 Å². The Bertz CT molecular complexity index is 547. The maximum atomic E-state index is 11.3. The van der Waals surface area contributed by atoms with Crippen LogP contribution in [0, 0.1) is 11.8 Å². The minimum Gasteiger partial charge on any atom is -0.386 e. The minimum atomic E-state index is -1.80. The SMILES string of the molecule is CC(C)CCC(C)(O)C(=C=C=C(C(C)(O)CCC(C)C)[Si](C)(C)C)[Si](C)(C)C. The molecule has 0 heterocycles. The number of rotatable bonds is 10. The van der Waals surface area contributed by atoms with Crippen molar-refractivity contribution in [1.29, 1.82) is 0 Å². The molecule has 0 aliphatic heterocycles. The molecule has 0 aromatic heterocycles. The van der Waals surface area contributed by atoms with E-state index < -0.39 is 27.3 Å². The van der Waals surface area contributed by atoms with Crippen LogP contribution < -0.4 is 0 Å². The second-order valence-corrected chi connectivity index (χ2v) is 21.9. The predicted octanol–water partition coefficient (Wildman–Crippen LogP) is 6.72. The molecule has 0 rings (SSSR count). The Morgan fingerprint density at radius 1 is 0.679 bits per heavy atom. The first-order valence-corrected chi connectivity index (χ1v) is 18.0. The van der Waals surface area contributed by atoms with Crippen molar-refractivity contribution in [1.82, 2.24) is 0 Å². The lowest BCUT2D eigenvalue weighted by Gasteiger charge is -2.34. The van der Waals surface area contributed by atoms with Gasteiger partial charge in [-0.25, -0.2) is 0 Å². The molecule has 0 aromatic carbocycles. The van der Waals surface area contributed by atoms with Crippen LogP contribution in [0.3, 0.4) is 0 Å². The highest BCUT2D eigenvalue weighted by Gasteiger charge is 2.37. The zero-order chi connectivity index (χ0) is 22.6. The molecule has 0 spiro atoms. The monoisotopic (exact) mass is 424 g/mol. The van der Waals surface area contributed by atoms with Gasteiger partial charge in [0.15, 0.2) is 0 Å². The smallest absolute Gasteiger partial charge is 0.0871 e. The Kier molecular flexibility index (Phi) is 9.99. The van der Waals surface area contributed by atoms with Gasteiger partial charge >= 0.3 is 0 Å². The highest BCUT2D eigenvalue weighted by molar-refractivity contribution is 6.84. The standard InChI is InChI=1S/C24H48O2Si2/c1-19(2)15-17-23(5,25)21(27(7,8)9)13-14-22(28(10,11)12)24(6,26)18-16-20(3)4/h19-20,25-26H,15-18H2,1-12H3. The second-order valence-electron chi connectivity index (χ2n) is 11.9. The van der Waals surface area contributed by atoms with Gasteiger partial charge < -0.3 is 10.2 Å². The molecule has 0 bridgehead atoms. The molecule has 4 heteroatoms. The van der Waals surface area contributed by atoms with Crippen LogP contribution in [0.4, 0.5) is 0 Å². The van der Waals surface area contributed by atoms with Gasteiger partial charge in [-0.05, 0) is 61.8 Å². The molecule has 2 unspecified atom stereocenters. The third-order valence-electron chi connectivity index (χ3n) is 5.31. The Morgan fingerprint density at radius 3 is 1.11 bits per heavy atom. The zero-order valence-electron chi connectivity index (χ0n) is 20.9. The minimum absolute atomic E-state index is 0.559. The predicted molar refractivity (Wildman–Crippen MR) is 130 cm³/mol. The van der Waals surface area contributed by atoms with Gasteiger partial charge in [0, 0.05) is 0 Å².